The normalized spacial score (nSPS) is 10.3. The molecule has 15 heavy (non-hydrogen) atoms. The summed E-state index contributed by atoms with van der Waals surface area (Å²) < 4.78 is 0. The molecule has 0 spiro atoms. The zero-order valence-electron chi connectivity index (χ0n) is 9.02. The van der Waals surface area contributed by atoms with Gasteiger partial charge in [-0.3, -0.25) is 0 Å². The van der Waals surface area contributed by atoms with E-state index in [-0.39, 0.29) is 0 Å². The summed E-state index contributed by atoms with van der Waals surface area (Å²) >= 11 is 0. The van der Waals surface area contributed by atoms with E-state index in [1.807, 2.05) is 39.0 Å². The highest BCUT2D eigenvalue weighted by atomic mass is 15.2. The maximum absolute atomic E-state index is 4.35. The molecule has 0 aliphatic carbocycles. The van der Waals surface area contributed by atoms with Crippen LogP contribution in [0.2, 0.25) is 0 Å². The standard InChI is InChI=1S/C11H12N4/c1-7-5-4-6-10(12-7)11-13-8(2)9(3)14-15-11/h4-6H,1-3H3. The Morgan fingerprint density at radius 2 is 1.67 bits per heavy atom. The molecule has 0 aliphatic heterocycles. The third-order valence-electron chi connectivity index (χ3n) is 2.21. The summed E-state index contributed by atoms with van der Waals surface area (Å²) in [4.78, 5) is 8.70. The van der Waals surface area contributed by atoms with Crippen LogP contribution >= 0.6 is 0 Å². The number of aryl methyl sites for hydroxylation is 3. The Balaban J connectivity index is 2.50. The van der Waals surface area contributed by atoms with Gasteiger partial charge in [0.05, 0.1) is 11.4 Å². The summed E-state index contributed by atoms with van der Waals surface area (Å²) in [5.74, 6) is 0.585. The van der Waals surface area contributed by atoms with Gasteiger partial charge >= 0.3 is 0 Å². The van der Waals surface area contributed by atoms with Crippen molar-refractivity contribution in [2.45, 2.75) is 20.8 Å². The van der Waals surface area contributed by atoms with Gasteiger partial charge in [-0.1, -0.05) is 6.07 Å². The van der Waals surface area contributed by atoms with Crippen molar-refractivity contribution in [2.24, 2.45) is 0 Å². The van der Waals surface area contributed by atoms with Gasteiger partial charge in [0.1, 0.15) is 5.69 Å². The molecule has 0 saturated carbocycles. The minimum atomic E-state index is 0.585. The summed E-state index contributed by atoms with van der Waals surface area (Å²) in [6.45, 7) is 5.75. The number of aromatic nitrogens is 4. The van der Waals surface area contributed by atoms with Crippen molar-refractivity contribution in [3.63, 3.8) is 0 Å². The van der Waals surface area contributed by atoms with Gasteiger partial charge < -0.3 is 0 Å². The van der Waals surface area contributed by atoms with E-state index in [0.29, 0.717) is 5.82 Å². The van der Waals surface area contributed by atoms with E-state index in [0.717, 1.165) is 22.8 Å². The van der Waals surface area contributed by atoms with Gasteiger partial charge in [0.25, 0.3) is 0 Å². The second-order valence-corrected chi connectivity index (χ2v) is 3.47. The van der Waals surface area contributed by atoms with Gasteiger partial charge in [-0.25, -0.2) is 9.97 Å². The molecule has 0 saturated heterocycles. The van der Waals surface area contributed by atoms with E-state index in [9.17, 15) is 0 Å². The monoisotopic (exact) mass is 200 g/mol. The Hall–Kier alpha value is -1.84. The average Bonchev–Trinajstić information content (AvgIpc) is 2.22. The van der Waals surface area contributed by atoms with Gasteiger partial charge in [0.2, 0.25) is 5.82 Å². The van der Waals surface area contributed by atoms with E-state index in [1.165, 1.54) is 0 Å². The lowest BCUT2D eigenvalue weighted by Gasteiger charge is -2.01. The number of nitrogens with zero attached hydrogens (tertiary/aromatic N) is 4. The highest BCUT2D eigenvalue weighted by Gasteiger charge is 2.05. The Morgan fingerprint density at radius 3 is 2.33 bits per heavy atom. The molecule has 0 N–H and O–H groups in total. The van der Waals surface area contributed by atoms with Gasteiger partial charge in [-0.15, -0.1) is 5.10 Å². The summed E-state index contributed by atoms with van der Waals surface area (Å²) in [7, 11) is 0. The lowest BCUT2D eigenvalue weighted by Crippen LogP contribution is -2.00. The van der Waals surface area contributed by atoms with Crippen LogP contribution in [-0.4, -0.2) is 20.2 Å². The quantitative estimate of drug-likeness (QED) is 0.705. The molecule has 2 aromatic heterocycles. The molecular weight excluding hydrogens is 188 g/mol. The first-order chi connectivity index (χ1) is 7.16. The molecule has 0 bridgehead atoms. The van der Waals surface area contributed by atoms with E-state index in [2.05, 4.69) is 20.2 Å². The molecule has 0 aliphatic rings. The number of hydrogen-bond acceptors (Lipinski definition) is 4. The molecule has 2 aromatic rings. The summed E-state index contributed by atoms with van der Waals surface area (Å²) in [6, 6.07) is 5.77. The fourth-order valence-corrected chi connectivity index (χ4v) is 1.23. The van der Waals surface area contributed by atoms with Crippen LogP contribution in [0.4, 0.5) is 0 Å². The van der Waals surface area contributed by atoms with E-state index >= 15 is 0 Å². The SMILES string of the molecule is Cc1cccc(-c2nnc(C)c(C)n2)n1. The Bertz CT molecular complexity index is 494. The summed E-state index contributed by atoms with van der Waals surface area (Å²) in [6.07, 6.45) is 0. The van der Waals surface area contributed by atoms with Gasteiger partial charge in [0.15, 0.2) is 0 Å². The van der Waals surface area contributed by atoms with Gasteiger partial charge in [-0.2, -0.15) is 5.10 Å². The molecule has 0 radical (unpaired) electrons. The maximum Gasteiger partial charge on any atom is 0.200 e. The van der Waals surface area contributed by atoms with Crippen LogP contribution in [0.3, 0.4) is 0 Å². The molecule has 0 amide bonds. The van der Waals surface area contributed by atoms with E-state index in [1.54, 1.807) is 0 Å². The Labute approximate surface area is 88.4 Å². The van der Waals surface area contributed by atoms with Crippen LogP contribution in [-0.2, 0) is 0 Å². The maximum atomic E-state index is 4.35. The van der Waals surface area contributed by atoms with Crippen LogP contribution in [0.15, 0.2) is 18.2 Å². The van der Waals surface area contributed by atoms with Crippen molar-refractivity contribution in [3.8, 4) is 11.5 Å². The number of hydrogen-bond donors (Lipinski definition) is 0. The fraction of sp³-hybridized carbons (Fsp3) is 0.273. The van der Waals surface area contributed by atoms with Crippen LogP contribution in [0.5, 0.6) is 0 Å². The molecule has 0 aromatic carbocycles. The van der Waals surface area contributed by atoms with Crippen LogP contribution in [0.25, 0.3) is 11.5 Å². The Kier molecular flexibility index (Phi) is 2.41. The molecular formula is C11H12N4. The topological polar surface area (TPSA) is 51.6 Å². The first-order valence-electron chi connectivity index (χ1n) is 4.79. The van der Waals surface area contributed by atoms with Crippen LogP contribution < -0.4 is 0 Å². The van der Waals surface area contributed by atoms with Crippen LogP contribution in [0, 0.1) is 20.8 Å². The lowest BCUT2D eigenvalue weighted by atomic mass is 10.3. The number of rotatable bonds is 1. The minimum absolute atomic E-state index is 0.585. The second kappa shape index (κ2) is 3.73. The van der Waals surface area contributed by atoms with Crippen molar-refractivity contribution in [2.75, 3.05) is 0 Å². The Morgan fingerprint density at radius 1 is 0.867 bits per heavy atom. The molecule has 76 valence electrons. The molecule has 0 fully saturated rings. The predicted molar refractivity (Wildman–Crippen MR) is 57.3 cm³/mol. The van der Waals surface area contributed by atoms with Crippen molar-refractivity contribution in [1.29, 1.82) is 0 Å². The first-order valence-corrected chi connectivity index (χ1v) is 4.79. The molecule has 2 rings (SSSR count). The smallest absolute Gasteiger partial charge is 0.200 e. The van der Waals surface area contributed by atoms with Crippen molar-refractivity contribution >= 4 is 0 Å². The van der Waals surface area contributed by atoms with Crippen molar-refractivity contribution < 1.29 is 0 Å². The van der Waals surface area contributed by atoms with Gasteiger partial charge in [0, 0.05) is 5.69 Å². The first kappa shape index (κ1) is 9.71. The molecule has 0 unspecified atom stereocenters. The fourth-order valence-electron chi connectivity index (χ4n) is 1.23. The lowest BCUT2D eigenvalue weighted by molar-refractivity contribution is 0.897. The van der Waals surface area contributed by atoms with Crippen molar-refractivity contribution in [3.05, 3.63) is 35.3 Å². The number of pyridine rings is 1. The third kappa shape index (κ3) is 1.98. The molecule has 4 nitrogen and oxygen atoms in total. The molecule has 2 heterocycles. The molecule has 0 atom stereocenters. The highest BCUT2D eigenvalue weighted by Crippen LogP contribution is 2.12. The largest absolute Gasteiger partial charge is 0.250 e. The molecule has 4 heteroatoms. The summed E-state index contributed by atoms with van der Waals surface area (Å²) in [5, 5.41) is 8.06. The third-order valence-corrected chi connectivity index (χ3v) is 2.21. The van der Waals surface area contributed by atoms with E-state index < -0.39 is 0 Å². The second-order valence-electron chi connectivity index (χ2n) is 3.47. The average molecular weight is 200 g/mol. The summed E-state index contributed by atoms with van der Waals surface area (Å²) in [5.41, 5.74) is 3.47. The van der Waals surface area contributed by atoms with Gasteiger partial charge in [-0.05, 0) is 32.9 Å². The zero-order chi connectivity index (χ0) is 10.8. The van der Waals surface area contributed by atoms with Crippen LogP contribution in [0.1, 0.15) is 17.1 Å². The zero-order valence-corrected chi connectivity index (χ0v) is 9.02. The van der Waals surface area contributed by atoms with Crippen molar-refractivity contribution in [1.82, 2.24) is 20.2 Å². The van der Waals surface area contributed by atoms with E-state index in [4.69, 9.17) is 0 Å². The highest BCUT2D eigenvalue weighted by molar-refractivity contribution is 5.48. The minimum Gasteiger partial charge on any atom is -0.250 e. The predicted octanol–water partition coefficient (Wildman–Crippen LogP) is 1.86.